The second-order valence-electron chi connectivity index (χ2n) is 6.71. The highest BCUT2D eigenvalue weighted by Crippen LogP contribution is 2.29. The number of rotatable bonds is 7. The molecule has 2 aromatic rings. The van der Waals surface area contributed by atoms with E-state index in [0.717, 1.165) is 24.9 Å². The minimum absolute atomic E-state index is 0.0206. The first-order chi connectivity index (χ1) is 13.6. The molecule has 150 valence electrons. The lowest BCUT2D eigenvalue weighted by Gasteiger charge is -2.30. The molecule has 0 spiro atoms. The molecule has 1 amide bonds. The maximum absolute atomic E-state index is 12.7. The van der Waals surface area contributed by atoms with E-state index in [4.69, 9.17) is 14.0 Å². The maximum atomic E-state index is 12.7. The van der Waals surface area contributed by atoms with Crippen molar-refractivity contribution in [2.45, 2.75) is 39.5 Å². The van der Waals surface area contributed by atoms with E-state index in [2.05, 4.69) is 10.1 Å². The van der Waals surface area contributed by atoms with Crippen molar-refractivity contribution in [3.05, 3.63) is 41.6 Å². The zero-order valence-electron chi connectivity index (χ0n) is 16.7. The fraction of sp³-hybridized carbons (Fsp3) is 0.476. The van der Waals surface area contributed by atoms with Gasteiger partial charge in [-0.3, -0.25) is 4.79 Å². The van der Waals surface area contributed by atoms with Crippen LogP contribution in [0.25, 0.3) is 6.08 Å². The van der Waals surface area contributed by atoms with Gasteiger partial charge < -0.3 is 18.9 Å². The fourth-order valence-corrected chi connectivity index (χ4v) is 3.30. The van der Waals surface area contributed by atoms with Crippen LogP contribution in [0.4, 0.5) is 0 Å². The third-order valence-electron chi connectivity index (χ3n) is 4.61. The second kappa shape index (κ2) is 9.39. The van der Waals surface area contributed by atoms with Crippen LogP contribution in [0.2, 0.25) is 0 Å². The third-order valence-corrected chi connectivity index (χ3v) is 4.61. The second-order valence-corrected chi connectivity index (χ2v) is 6.71. The Morgan fingerprint density at radius 2 is 2.07 bits per heavy atom. The number of carbonyl (C=O) groups is 1. The van der Waals surface area contributed by atoms with E-state index in [-0.39, 0.29) is 11.8 Å². The van der Waals surface area contributed by atoms with E-state index in [1.165, 1.54) is 0 Å². The standard InChI is InChI=1S/C21H27N3O4/c1-4-26-18-10-8-16(13-19(18)27-5-2)9-11-20(25)24-12-6-7-17(14-24)21-22-15(3)23-28-21/h8-11,13,17H,4-7,12,14H2,1-3H3. The number of ether oxygens (including phenoxy) is 2. The van der Waals surface area contributed by atoms with Gasteiger partial charge in [0.1, 0.15) is 0 Å². The molecule has 0 bridgehead atoms. The Hall–Kier alpha value is -2.83. The summed E-state index contributed by atoms with van der Waals surface area (Å²) in [4.78, 5) is 18.8. The summed E-state index contributed by atoms with van der Waals surface area (Å²) in [5.74, 6) is 2.71. The molecule has 1 unspecified atom stereocenters. The molecule has 7 nitrogen and oxygen atoms in total. The summed E-state index contributed by atoms with van der Waals surface area (Å²) in [6.45, 7) is 8.12. The number of aryl methyl sites for hydroxylation is 1. The molecule has 1 fully saturated rings. The van der Waals surface area contributed by atoms with Gasteiger partial charge in [-0.25, -0.2) is 0 Å². The Morgan fingerprint density at radius 3 is 2.79 bits per heavy atom. The molecule has 0 saturated carbocycles. The van der Waals surface area contributed by atoms with Crippen molar-refractivity contribution in [3.8, 4) is 11.5 Å². The molecule has 1 atom stereocenters. The van der Waals surface area contributed by atoms with Crippen molar-refractivity contribution in [1.82, 2.24) is 15.0 Å². The molecular weight excluding hydrogens is 358 g/mol. The number of amides is 1. The van der Waals surface area contributed by atoms with Crippen LogP contribution in [0, 0.1) is 6.92 Å². The quantitative estimate of drug-likeness (QED) is 0.678. The van der Waals surface area contributed by atoms with Gasteiger partial charge in [0, 0.05) is 19.2 Å². The Kier molecular flexibility index (Phi) is 6.68. The molecule has 1 aliphatic heterocycles. The summed E-state index contributed by atoms with van der Waals surface area (Å²) in [5.41, 5.74) is 0.890. The molecule has 2 heterocycles. The van der Waals surface area contributed by atoms with Crippen molar-refractivity contribution >= 4 is 12.0 Å². The number of carbonyl (C=O) groups excluding carboxylic acids is 1. The number of aromatic nitrogens is 2. The number of hydrogen-bond donors (Lipinski definition) is 0. The third kappa shape index (κ3) is 4.91. The highest BCUT2D eigenvalue weighted by Gasteiger charge is 2.27. The molecule has 0 radical (unpaired) electrons. The van der Waals surface area contributed by atoms with Crippen molar-refractivity contribution in [2.24, 2.45) is 0 Å². The molecule has 1 aromatic carbocycles. The lowest BCUT2D eigenvalue weighted by Crippen LogP contribution is -2.38. The van der Waals surface area contributed by atoms with Crippen molar-refractivity contribution in [1.29, 1.82) is 0 Å². The lowest BCUT2D eigenvalue weighted by molar-refractivity contribution is -0.127. The SMILES string of the molecule is CCOc1ccc(C=CC(=O)N2CCCC(c3nc(C)no3)C2)cc1OCC. The zero-order chi connectivity index (χ0) is 19.9. The van der Waals surface area contributed by atoms with Crippen LogP contribution in [0.5, 0.6) is 11.5 Å². The molecule has 0 aliphatic carbocycles. The van der Waals surface area contributed by atoms with E-state index in [1.807, 2.05) is 36.9 Å². The fourth-order valence-electron chi connectivity index (χ4n) is 3.30. The van der Waals surface area contributed by atoms with Crippen molar-refractivity contribution in [2.75, 3.05) is 26.3 Å². The predicted molar refractivity (Wildman–Crippen MR) is 105 cm³/mol. The van der Waals surface area contributed by atoms with E-state index < -0.39 is 0 Å². The molecule has 3 rings (SSSR count). The van der Waals surface area contributed by atoms with Gasteiger partial charge in [0.15, 0.2) is 17.3 Å². The van der Waals surface area contributed by atoms with Gasteiger partial charge in [0.05, 0.1) is 19.1 Å². The van der Waals surface area contributed by atoms with Crippen molar-refractivity contribution < 1.29 is 18.8 Å². The molecular formula is C21H27N3O4. The van der Waals surface area contributed by atoms with E-state index in [9.17, 15) is 4.79 Å². The first kappa shape index (κ1) is 19.9. The van der Waals surface area contributed by atoms with E-state index in [0.29, 0.717) is 43.0 Å². The highest BCUT2D eigenvalue weighted by atomic mass is 16.5. The van der Waals surface area contributed by atoms with Gasteiger partial charge in [0.25, 0.3) is 0 Å². The molecule has 7 heteroatoms. The minimum atomic E-state index is -0.0206. The van der Waals surface area contributed by atoms with Crippen LogP contribution in [-0.4, -0.2) is 47.3 Å². The summed E-state index contributed by atoms with van der Waals surface area (Å²) in [5, 5.41) is 3.86. The monoisotopic (exact) mass is 385 g/mol. The largest absolute Gasteiger partial charge is 0.490 e. The molecule has 1 saturated heterocycles. The number of piperidine rings is 1. The van der Waals surface area contributed by atoms with Gasteiger partial charge in [-0.05, 0) is 57.4 Å². The van der Waals surface area contributed by atoms with Crippen molar-refractivity contribution in [3.63, 3.8) is 0 Å². The maximum Gasteiger partial charge on any atom is 0.246 e. The van der Waals surface area contributed by atoms with E-state index in [1.54, 1.807) is 19.1 Å². The Balaban J connectivity index is 1.66. The van der Waals surface area contributed by atoms with Crippen LogP contribution >= 0.6 is 0 Å². The smallest absolute Gasteiger partial charge is 0.246 e. The average molecular weight is 385 g/mol. The van der Waals surface area contributed by atoms with Gasteiger partial charge in [-0.15, -0.1) is 0 Å². The van der Waals surface area contributed by atoms with Crippen LogP contribution in [0.1, 0.15) is 49.9 Å². The van der Waals surface area contributed by atoms with Crippen LogP contribution < -0.4 is 9.47 Å². The van der Waals surface area contributed by atoms with Gasteiger partial charge in [-0.1, -0.05) is 11.2 Å². The molecule has 1 aliphatic rings. The minimum Gasteiger partial charge on any atom is -0.490 e. The first-order valence-electron chi connectivity index (χ1n) is 9.77. The summed E-state index contributed by atoms with van der Waals surface area (Å²) < 4.78 is 16.5. The summed E-state index contributed by atoms with van der Waals surface area (Å²) in [6, 6.07) is 5.67. The Labute approximate surface area is 165 Å². The normalized spacial score (nSPS) is 17.1. The predicted octanol–water partition coefficient (Wildman–Crippen LogP) is 3.59. The van der Waals surface area contributed by atoms with Gasteiger partial charge >= 0.3 is 0 Å². The topological polar surface area (TPSA) is 77.7 Å². The summed E-state index contributed by atoms with van der Waals surface area (Å²) in [6.07, 6.45) is 5.28. The number of likely N-dealkylation sites (tertiary alicyclic amines) is 1. The average Bonchev–Trinajstić information content (AvgIpc) is 3.15. The zero-order valence-corrected chi connectivity index (χ0v) is 16.7. The molecule has 28 heavy (non-hydrogen) atoms. The number of nitrogens with zero attached hydrogens (tertiary/aromatic N) is 3. The van der Waals surface area contributed by atoms with Crippen LogP contribution in [0.3, 0.4) is 0 Å². The molecule has 1 aromatic heterocycles. The molecule has 0 N–H and O–H groups in total. The highest BCUT2D eigenvalue weighted by molar-refractivity contribution is 5.92. The lowest BCUT2D eigenvalue weighted by atomic mass is 9.98. The first-order valence-corrected chi connectivity index (χ1v) is 9.77. The van der Waals surface area contributed by atoms with Crippen LogP contribution in [0.15, 0.2) is 28.8 Å². The van der Waals surface area contributed by atoms with Gasteiger partial charge in [-0.2, -0.15) is 4.98 Å². The Morgan fingerprint density at radius 1 is 1.29 bits per heavy atom. The number of hydrogen-bond acceptors (Lipinski definition) is 6. The van der Waals surface area contributed by atoms with Gasteiger partial charge in [0.2, 0.25) is 11.8 Å². The Bertz CT molecular complexity index is 831. The number of benzene rings is 1. The van der Waals surface area contributed by atoms with Crippen LogP contribution in [-0.2, 0) is 4.79 Å². The summed E-state index contributed by atoms with van der Waals surface area (Å²) >= 11 is 0. The van der Waals surface area contributed by atoms with E-state index >= 15 is 0 Å². The summed E-state index contributed by atoms with van der Waals surface area (Å²) in [7, 11) is 0.